The van der Waals surface area contributed by atoms with Crippen LogP contribution in [0.3, 0.4) is 0 Å². The maximum absolute atomic E-state index is 12.1. The summed E-state index contributed by atoms with van der Waals surface area (Å²) in [6.45, 7) is 1.08. The van der Waals surface area contributed by atoms with E-state index in [1.165, 1.54) is 30.3 Å². The number of rotatable bonds is 6. The van der Waals surface area contributed by atoms with Gasteiger partial charge >= 0.3 is 5.97 Å². The van der Waals surface area contributed by atoms with Crippen molar-refractivity contribution in [3.63, 3.8) is 0 Å². The van der Waals surface area contributed by atoms with Gasteiger partial charge in [0.05, 0.1) is 16.9 Å². The number of carbonyl (C=O) groups is 3. The van der Waals surface area contributed by atoms with Gasteiger partial charge in [0, 0.05) is 12.6 Å². The van der Waals surface area contributed by atoms with Crippen LogP contribution < -0.4 is 10.0 Å². The van der Waals surface area contributed by atoms with E-state index in [1.54, 1.807) is 18.2 Å². The lowest BCUT2D eigenvalue weighted by Crippen LogP contribution is -2.28. The second-order valence-electron chi connectivity index (χ2n) is 5.37. The molecule has 9 heteroatoms. The minimum atomic E-state index is -3.95. The lowest BCUT2D eigenvalue weighted by Gasteiger charge is -2.09. The lowest BCUT2D eigenvalue weighted by molar-refractivity contribution is -0.117. The standard InChI is InChI=1S/C17H16N2O6S/c1-11(20)19-26(24,25)14-8-6-13(7-9-14)18-16(21)10-12-4-2-3-5-15(12)17(22)23/h2-9H,10H2,1H3,(H,18,21)(H,19,20)(H,22,23). The number of anilines is 1. The summed E-state index contributed by atoms with van der Waals surface area (Å²) < 4.78 is 25.5. The Morgan fingerprint density at radius 3 is 2.19 bits per heavy atom. The number of benzene rings is 2. The molecule has 3 N–H and O–H groups in total. The Bertz CT molecular complexity index is 951. The molecule has 0 aliphatic rings. The molecule has 2 aromatic carbocycles. The third kappa shape index (κ3) is 4.90. The van der Waals surface area contributed by atoms with Crippen LogP contribution in [0.4, 0.5) is 5.69 Å². The summed E-state index contributed by atoms with van der Waals surface area (Å²) in [5, 5.41) is 11.7. The van der Waals surface area contributed by atoms with Crippen LogP contribution in [0.2, 0.25) is 0 Å². The van der Waals surface area contributed by atoms with E-state index in [0.29, 0.717) is 11.3 Å². The number of sulfonamides is 1. The fourth-order valence-electron chi connectivity index (χ4n) is 2.23. The lowest BCUT2D eigenvalue weighted by atomic mass is 10.0. The third-order valence-corrected chi connectivity index (χ3v) is 4.77. The summed E-state index contributed by atoms with van der Waals surface area (Å²) in [6.07, 6.45) is -0.144. The first kappa shape index (κ1) is 19.1. The number of aromatic carboxylic acids is 1. The van der Waals surface area contributed by atoms with E-state index in [2.05, 4.69) is 5.32 Å². The normalized spacial score (nSPS) is 10.8. The first-order valence-corrected chi connectivity index (χ1v) is 8.92. The minimum Gasteiger partial charge on any atom is -0.478 e. The molecule has 0 saturated heterocycles. The number of carboxylic acids is 1. The van der Waals surface area contributed by atoms with Crippen LogP contribution >= 0.6 is 0 Å². The highest BCUT2D eigenvalue weighted by molar-refractivity contribution is 7.90. The van der Waals surface area contributed by atoms with Gasteiger partial charge in [0.25, 0.3) is 10.0 Å². The number of hydrogen-bond donors (Lipinski definition) is 3. The number of hydrogen-bond acceptors (Lipinski definition) is 5. The molecule has 0 aliphatic carbocycles. The van der Waals surface area contributed by atoms with Gasteiger partial charge in [0.1, 0.15) is 0 Å². The minimum absolute atomic E-state index is 0.0411. The molecule has 2 aromatic rings. The molecule has 0 spiro atoms. The van der Waals surface area contributed by atoms with Gasteiger partial charge < -0.3 is 10.4 Å². The zero-order valence-electron chi connectivity index (χ0n) is 13.7. The molecule has 8 nitrogen and oxygen atoms in total. The summed E-state index contributed by atoms with van der Waals surface area (Å²) >= 11 is 0. The number of carboxylic acid groups (broad SMARTS) is 1. The van der Waals surface area contributed by atoms with Crippen LogP contribution in [-0.4, -0.2) is 31.3 Å². The molecule has 0 heterocycles. The molecule has 0 saturated carbocycles. The molecular weight excluding hydrogens is 360 g/mol. The van der Waals surface area contributed by atoms with Gasteiger partial charge in [-0.15, -0.1) is 0 Å². The Morgan fingerprint density at radius 1 is 1.00 bits per heavy atom. The molecule has 0 fully saturated rings. The van der Waals surface area contributed by atoms with Gasteiger partial charge in [-0.3, -0.25) is 9.59 Å². The van der Waals surface area contributed by atoms with Crippen molar-refractivity contribution in [3.05, 3.63) is 59.7 Å². The number of carbonyl (C=O) groups excluding carboxylic acids is 2. The van der Waals surface area contributed by atoms with Crippen molar-refractivity contribution >= 4 is 33.5 Å². The van der Waals surface area contributed by atoms with E-state index in [4.69, 9.17) is 5.11 Å². The van der Waals surface area contributed by atoms with Crippen LogP contribution in [0.15, 0.2) is 53.4 Å². The van der Waals surface area contributed by atoms with Crippen LogP contribution in [-0.2, 0) is 26.0 Å². The van der Waals surface area contributed by atoms with E-state index in [1.807, 2.05) is 4.72 Å². The van der Waals surface area contributed by atoms with E-state index in [9.17, 15) is 22.8 Å². The molecule has 0 aromatic heterocycles. The molecule has 0 unspecified atom stereocenters. The first-order chi connectivity index (χ1) is 12.2. The van der Waals surface area contributed by atoms with Crippen molar-refractivity contribution in [2.24, 2.45) is 0 Å². The summed E-state index contributed by atoms with van der Waals surface area (Å²) in [6, 6.07) is 11.4. The van der Waals surface area contributed by atoms with E-state index >= 15 is 0 Å². The number of amides is 2. The van der Waals surface area contributed by atoms with E-state index in [-0.39, 0.29) is 16.9 Å². The molecule has 136 valence electrons. The Morgan fingerprint density at radius 2 is 1.62 bits per heavy atom. The highest BCUT2D eigenvalue weighted by Gasteiger charge is 2.16. The largest absolute Gasteiger partial charge is 0.478 e. The maximum Gasteiger partial charge on any atom is 0.335 e. The monoisotopic (exact) mass is 376 g/mol. The molecule has 0 radical (unpaired) electrons. The average molecular weight is 376 g/mol. The zero-order chi connectivity index (χ0) is 19.3. The number of nitrogens with one attached hydrogen (secondary N) is 2. The van der Waals surface area contributed by atoms with Crippen molar-refractivity contribution in [2.45, 2.75) is 18.2 Å². The predicted octanol–water partition coefficient (Wildman–Crippen LogP) is 1.39. The summed E-state index contributed by atoms with van der Waals surface area (Å²) in [7, 11) is -3.95. The fourth-order valence-corrected chi connectivity index (χ4v) is 3.22. The molecule has 0 aliphatic heterocycles. The van der Waals surface area contributed by atoms with Gasteiger partial charge in [-0.25, -0.2) is 17.9 Å². The van der Waals surface area contributed by atoms with Crippen molar-refractivity contribution in [3.8, 4) is 0 Å². The molecule has 2 rings (SSSR count). The van der Waals surface area contributed by atoms with Crippen LogP contribution in [0, 0.1) is 0 Å². The second kappa shape index (κ2) is 7.79. The van der Waals surface area contributed by atoms with Crippen LogP contribution in [0.1, 0.15) is 22.8 Å². The Kier molecular flexibility index (Phi) is 5.73. The third-order valence-electron chi connectivity index (χ3n) is 3.33. The molecule has 2 amide bonds. The van der Waals surface area contributed by atoms with Gasteiger partial charge in [0.2, 0.25) is 11.8 Å². The van der Waals surface area contributed by atoms with E-state index < -0.39 is 27.8 Å². The first-order valence-electron chi connectivity index (χ1n) is 7.43. The summed E-state index contributed by atoms with van der Waals surface area (Å²) in [4.78, 5) is 34.0. The quantitative estimate of drug-likeness (QED) is 0.698. The average Bonchev–Trinajstić information content (AvgIpc) is 2.54. The summed E-state index contributed by atoms with van der Waals surface area (Å²) in [5.41, 5.74) is 0.742. The molecule has 26 heavy (non-hydrogen) atoms. The van der Waals surface area contributed by atoms with Gasteiger partial charge in [0.15, 0.2) is 0 Å². The van der Waals surface area contributed by atoms with Crippen LogP contribution in [0.5, 0.6) is 0 Å². The van der Waals surface area contributed by atoms with Gasteiger partial charge in [-0.2, -0.15) is 0 Å². The van der Waals surface area contributed by atoms with Gasteiger partial charge in [-0.05, 0) is 35.9 Å². The van der Waals surface area contributed by atoms with Gasteiger partial charge in [-0.1, -0.05) is 18.2 Å². The zero-order valence-corrected chi connectivity index (χ0v) is 14.5. The summed E-state index contributed by atoms with van der Waals surface area (Å²) in [5.74, 6) is -2.28. The van der Waals surface area contributed by atoms with Crippen LogP contribution in [0.25, 0.3) is 0 Å². The maximum atomic E-state index is 12.1. The predicted molar refractivity (Wildman–Crippen MR) is 93.2 cm³/mol. The Labute approximate surface area is 149 Å². The molecular formula is C17H16N2O6S. The highest BCUT2D eigenvalue weighted by Crippen LogP contribution is 2.15. The SMILES string of the molecule is CC(=O)NS(=O)(=O)c1ccc(NC(=O)Cc2ccccc2C(=O)O)cc1. The fraction of sp³-hybridized carbons (Fsp3) is 0.118. The van der Waals surface area contributed by atoms with Crippen molar-refractivity contribution in [2.75, 3.05) is 5.32 Å². The highest BCUT2D eigenvalue weighted by atomic mass is 32.2. The topological polar surface area (TPSA) is 130 Å². The van der Waals surface area contributed by atoms with E-state index in [0.717, 1.165) is 6.92 Å². The Hall–Kier alpha value is -3.20. The van der Waals surface area contributed by atoms with Crippen molar-refractivity contribution in [1.29, 1.82) is 0 Å². The second-order valence-corrected chi connectivity index (χ2v) is 7.06. The van der Waals surface area contributed by atoms with Crippen molar-refractivity contribution < 1.29 is 27.9 Å². The molecule has 0 atom stereocenters. The van der Waals surface area contributed by atoms with Crippen molar-refractivity contribution in [1.82, 2.24) is 4.72 Å². The Balaban J connectivity index is 2.09. The molecule has 0 bridgehead atoms. The smallest absolute Gasteiger partial charge is 0.335 e.